The van der Waals surface area contributed by atoms with Crippen LogP contribution in [0.3, 0.4) is 0 Å². The molecule has 2 rings (SSSR count). The number of aryl methyl sites for hydroxylation is 2. The monoisotopic (exact) mass is 295 g/mol. The van der Waals surface area contributed by atoms with Crippen LogP contribution < -0.4 is 10.5 Å². The lowest BCUT2D eigenvalue weighted by molar-refractivity contribution is 0.580. The van der Waals surface area contributed by atoms with E-state index in [-0.39, 0.29) is 17.3 Å². The number of pyridine rings is 1. The molecule has 2 aromatic heterocycles. The first-order chi connectivity index (χ1) is 9.42. The Balaban J connectivity index is 2.15. The molecule has 0 aliphatic heterocycles. The topological polar surface area (TPSA) is 103 Å². The Morgan fingerprint density at radius 1 is 1.40 bits per heavy atom. The Kier molecular flexibility index (Phi) is 4.05. The number of anilines is 1. The van der Waals surface area contributed by atoms with Crippen molar-refractivity contribution in [2.24, 2.45) is 7.05 Å². The first-order valence-corrected chi connectivity index (χ1v) is 7.63. The maximum Gasteiger partial charge on any atom is 0.242 e. The highest BCUT2D eigenvalue weighted by Gasteiger charge is 2.15. The minimum atomic E-state index is -3.60. The fraction of sp³-hybridized carbons (Fsp3) is 0.333. The second-order valence-electron chi connectivity index (χ2n) is 4.37. The van der Waals surface area contributed by atoms with Crippen LogP contribution in [0, 0.1) is 0 Å². The molecule has 0 atom stereocenters. The summed E-state index contributed by atoms with van der Waals surface area (Å²) in [5.41, 5.74) is 7.18. The average molecular weight is 295 g/mol. The van der Waals surface area contributed by atoms with E-state index in [1.807, 2.05) is 13.1 Å². The van der Waals surface area contributed by atoms with Crippen molar-refractivity contribution in [2.45, 2.75) is 24.8 Å². The second kappa shape index (κ2) is 5.59. The number of nitrogens with one attached hydrogen (secondary N) is 1. The Bertz CT molecular complexity index is 691. The van der Waals surface area contributed by atoms with E-state index in [0.29, 0.717) is 0 Å². The quantitative estimate of drug-likeness (QED) is 0.833. The van der Waals surface area contributed by atoms with Crippen LogP contribution in [-0.2, 0) is 30.0 Å². The van der Waals surface area contributed by atoms with E-state index in [2.05, 4.69) is 14.8 Å². The van der Waals surface area contributed by atoms with Crippen molar-refractivity contribution in [3.63, 3.8) is 0 Å². The summed E-state index contributed by atoms with van der Waals surface area (Å²) in [5, 5.41) is 4.27. The zero-order valence-corrected chi connectivity index (χ0v) is 12.2. The molecule has 2 aromatic rings. The highest BCUT2D eigenvalue weighted by molar-refractivity contribution is 7.89. The number of nitrogens with two attached hydrogens (primary N) is 1. The van der Waals surface area contributed by atoms with Crippen molar-refractivity contribution in [2.75, 3.05) is 5.73 Å². The predicted octanol–water partition coefficient (Wildman–Crippen LogP) is 0.438. The van der Waals surface area contributed by atoms with Crippen LogP contribution in [0.5, 0.6) is 0 Å². The van der Waals surface area contributed by atoms with Gasteiger partial charge in [-0.25, -0.2) is 18.1 Å². The molecule has 2 heterocycles. The largest absolute Gasteiger partial charge is 0.384 e. The number of hydrogen-bond donors (Lipinski definition) is 2. The number of sulfonamides is 1. The van der Waals surface area contributed by atoms with Gasteiger partial charge in [-0.05, 0) is 18.6 Å². The maximum absolute atomic E-state index is 12.1. The smallest absolute Gasteiger partial charge is 0.242 e. The predicted molar refractivity (Wildman–Crippen MR) is 75.3 cm³/mol. The third-order valence-corrected chi connectivity index (χ3v) is 4.24. The molecular weight excluding hydrogens is 278 g/mol. The van der Waals surface area contributed by atoms with Crippen LogP contribution in [0.1, 0.15) is 18.2 Å². The summed E-state index contributed by atoms with van der Waals surface area (Å²) in [6.45, 7) is 2.17. The van der Waals surface area contributed by atoms with E-state index in [4.69, 9.17) is 5.73 Å². The summed E-state index contributed by atoms with van der Waals surface area (Å²) in [5.74, 6) is 0.282. The number of rotatable bonds is 5. The molecular formula is C12H17N5O2S. The van der Waals surface area contributed by atoms with Crippen LogP contribution in [0.25, 0.3) is 0 Å². The van der Waals surface area contributed by atoms with Crippen molar-refractivity contribution < 1.29 is 8.42 Å². The lowest BCUT2D eigenvalue weighted by atomic mass is 10.2. The van der Waals surface area contributed by atoms with E-state index in [1.165, 1.54) is 18.3 Å². The van der Waals surface area contributed by atoms with E-state index in [0.717, 1.165) is 17.7 Å². The fourth-order valence-corrected chi connectivity index (χ4v) is 2.79. The molecule has 3 N–H and O–H groups in total. The molecule has 20 heavy (non-hydrogen) atoms. The zero-order chi connectivity index (χ0) is 14.8. The SMILES string of the molecule is CCc1nn(C)cc1CNS(=O)(=O)c1ccc(N)nc1. The van der Waals surface area contributed by atoms with E-state index < -0.39 is 10.0 Å². The van der Waals surface area contributed by atoms with Crippen LogP contribution in [0.2, 0.25) is 0 Å². The molecule has 7 nitrogen and oxygen atoms in total. The minimum Gasteiger partial charge on any atom is -0.384 e. The average Bonchev–Trinajstić information content (AvgIpc) is 2.77. The van der Waals surface area contributed by atoms with Gasteiger partial charge in [0, 0.05) is 31.5 Å². The van der Waals surface area contributed by atoms with Gasteiger partial charge in [-0.2, -0.15) is 5.10 Å². The highest BCUT2D eigenvalue weighted by atomic mass is 32.2. The van der Waals surface area contributed by atoms with E-state index >= 15 is 0 Å². The summed E-state index contributed by atoms with van der Waals surface area (Å²) >= 11 is 0. The number of hydrogen-bond acceptors (Lipinski definition) is 5. The molecule has 0 aromatic carbocycles. The molecule has 0 radical (unpaired) electrons. The standard InChI is InChI=1S/C12H17N5O2S/c1-3-11-9(8-17(2)16-11)6-15-20(18,19)10-4-5-12(13)14-7-10/h4-5,7-8,15H,3,6H2,1-2H3,(H2,13,14). The molecule has 0 saturated carbocycles. The van der Waals surface area contributed by atoms with Gasteiger partial charge in [0.1, 0.15) is 10.7 Å². The minimum absolute atomic E-state index is 0.0913. The Morgan fingerprint density at radius 3 is 2.75 bits per heavy atom. The van der Waals surface area contributed by atoms with Gasteiger partial charge in [0.15, 0.2) is 0 Å². The van der Waals surface area contributed by atoms with Gasteiger partial charge in [0.2, 0.25) is 10.0 Å². The van der Waals surface area contributed by atoms with Crippen LogP contribution in [-0.4, -0.2) is 23.2 Å². The van der Waals surface area contributed by atoms with Crippen molar-refractivity contribution in [1.29, 1.82) is 0 Å². The number of nitrogens with zero attached hydrogens (tertiary/aromatic N) is 3. The molecule has 0 bridgehead atoms. The van der Waals surface area contributed by atoms with Gasteiger partial charge in [-0.1, -0.05) is 6.92 Å². The van der Waals surface area contributed by atoms with Gasteiger partial charge in [-0.15, -0.1) is 0 Å². The highest BCUT2D eigenvalue weighted by Crippen LogP contribution is 2.11. The molecule has 108 valence electrons. The van der Waals surface area contributed by atoms with Crippen LogP contribution >= 0.6 is 0 Å². The first kappa shape index (κ1) is 14.5. The van der Waals surface area contributed by atoms with Crippen molar-refractivity contribution >= 4 is 15.8 Å². The summed E-state index contributed by atoms with van der Waals surface area (Å²) in [6.07, 6.45) is 3.80. The fourth-order valence-electron chi connectivity index (χ4n) is 1.84. The van der Waals surface area contributed by atoms with Crippen molar-refractivity contribution in [3.05, 3.63) is 35.8 Å². The van der Waals surface area contributed by atoms with E-state index in [9.17, 15) is 8.42 Å². The number of aromatic nitrogens is 3. The maximum atomic E-state index is 12.1. The van der Waals surface area contributed by atoms with Gasteiger partial charge >= 0.3 is 0 Å². The molecule has 8 heteroatoms. The van der Waals surface area contributed by atoms with Gasteiger partial charge in [0.05, 0.1) is 5.69 Å². The molecule has 0 saturated heterocycles. The molecule has 0 unspecified atom stereocenters. The Morgan fingerprint density at radius 2 is 2.15 bits per heavy atom. The Labute approximate surface area is 117 Å². The molecule has 0 aliphatic carbocycles. The number of nitrogen functional groups attached to an aromatic ring is 1. The summed E-state index contributed by atoms with van der Waals surface area (Å²) in [7, 11) is -1.79. The van der Waals surface area contributed by atoms with E-state index in [1.54, 1.807) is 11.7 Å². The second-order valence-corrected chi connectivity index (χ2v) is 6.14. The molecule has 0 fully saturated rings. The third-order valence-electron chi connectivity index (χ3n) is 2.85. The van der Waals surface area contributed by atoms with Crippen LogP contribution in [0.15, 0.2) is 29.4 Å². The normalized spacial score (nSPS) is 11.7. The van der Waals surface area contributed by atoms with Gasteiger partial charge < -0.3 is 5.73 Å². The summed E-state index contributed by atoms with van der Waals surface area (Å²) in [4.78, 5) is 3.87. The van der Waals surface area contributed by atoms with Crippen LogP contribution in [0.4, 0.5) is 5.82 Å². The van der Waals surface area contributed by atoms with Gasteiger partial charge in [0.25, 0.3) is 0 Å². The van der Waals surface area contributed by atoms with Crippen molar-refractivity contribution in [3.8, 4) is 0 Å². The molecule has 0 amide bonds. The Hall–Kier alpha value is -1.93. The lowest BCUT2D eigenvalue weighted by Crippen LogP contribution is -2.23. The molecule has 0 spiro atoms. The van der Waals surface area contributed by atoms with Crippen molar-refractivity contribution in [1.82, 2.24) is 19.5 Å². The third kappa shape index (κ3) is 3.14. The summed E-state index contributed by atoms with van der Waals surface area (Å²) in [6, 6.07) is 2.88. The molecule has 0 aliphatic rings. The zero-order valence-electron chi connectivity index (χ0n) is 11.4. The lowest BCUT2D eigenvalue weighted by Gasteiger charge is -2.06. The van der Waals surface area contributed by atoms with Gasteiger partial charge in [-0.3, -0.25) is 4.68 Å². The first-order valence-electron chi connectivity index (χ1n) is 6.15. The summed E-state index contributed by atoms with van der Waals surface area (Å²) < 4.78 is 28.4.